The average molecular weight is 620 g/mol. The highest BCUT2D eigenvalue weighted by molar-refractivity contribution is 5.89. The van der Waals surface area contributed by atoms with Crippen LogP contribution in [0.25, 0.3) is 0 Å². The third-order valence-electron chi connectivity index (χ3n) is 8.03. The monoisotopic (exact) mass is 619 g/mol. The van der Waals surface area contributed by atoms with E-state index in [4.69, 9.17) is 4.74 Å². The summed E-state index contributed by atoms with van der Waals surface area (Å²) in [5.41, 5.74) is 2.28. The molecule has 12 nitrogen and oxygen atoms in total. The van der Waals surface area contributed by atoms with Crippen molar-refractivity contribution in [2.24, 2.45) is 5.92 Å². The second-order valence-electron chi connectivity index (χ2n) is 11.3. The number of piperidine rings is 1. The van der Waals surface area contributed by atoms with Crippen molar-refractivity contribution in [3.8, 4) is 0 Å². The Bertz CT molecular complexity index is 1470. The lowest BCUT2D eigenvalue weighted by atomic mass is 9.96. The molecule has 2 saturated heterocycles. The molecular formula is C32H38FN7O5. The Kier molecular flexibility index (Phi) is 10.4. The molecule has 1 unspecified atom stereocenters. The highest BCUT2D eigenvalue weighted by Gasteiger charge is 2.32. The fraction of sp³-hybridized carbons (Fsp3) is 0.406. The molecule has 0 bridgehead atoms. The summed E-state index contributed by atoms with van der Waals surface area (Å²) in [4.78, 5) is 51.3. The Morgan fingerprint density at radius 1 is 1.04 bits per heavy atom. The van der Waals surface area contributed by atoms with Crippen molar-refractivity contribution in [1.29, 1.82) is 0 Å². The van der Waals surface area contributed by atoms with Gasteiger partial charge in [0.2, 0.25) is 11.7 Å². The molecule has 45 heavy (non-hydrogen) atoms. The van der Waals surface area contributed by atoms with Gasteiger partial charge in [0, 0.05) is 51.9 Å². The van der Waals surface area contributed by atoms with E-state index in [0.29, 0.717) is 63.5 Å². The van der Waals surface area contributed by atoms with Crippen LogP contribution in [-0.4, -0.2) is 90.4 Å². The van der Waals surface area contributed by atoms with Crippen LogP contribution in [0.2, 0.25) is 0 Å². The number of urea groups is 1. The standard InChI is InChI=1S/C32H38FN7O5/c1-38(19-23-6-3-2-4-7-23)28-27(33)29(35-21-34-28)40-13-5-8-24(20-40)30(41)37-26(31(42)43)18-22-9-11-25(12-10-22)36-32(44)39-14-16-45-17-15-39/h2-4,6-7,9-12,21,24,26H,5,8,13-20H2,1H3,(H,36,44)(H,37,41)(H,42,43)/t24?,26-/m0/s1. The number of carboxylic acid groups (broad SMARTS) is 1. The van der Waals surface area contributed by atoms with Crippen molar-refractivity contribution in [1.82, 2.24) is 20.2 Å². The molecule has 238 valence electrons. The summed E-state index contributed by atoms with van der Waals surface area (Å²) in [6.45, 7) is 3.20. The molecule has 0 radical (unpaired) electrons. The van der Waals surface area contributed by atoms with Crippen molar-refractivity contribution in [3.63, 3.8) is 0 Å². The maximum absolute atomic E-state index is 15.7. The van der Waals surface area contributed by atoms with Crippen LogP contribution in [0.4, 0.5) is 26.5 Å². The molecular weight excluding hydrogens is 581 g/mol. The molecule has 2 atom stereocenters. The molecule has 3 aromatic rings. The number of carboxylic acids is 1. The molecule has 13 heteroatoms. The Morgan fingerprint density at radius 3 is 2.49 bits per heavy atom. The second-order valence-corrected chi connectivity index (χ2v) is 11.3. The normalized spacial score (nSPS) is 17.3. The summed E-state index contributed by atoms with van der Waals surface area (Å²) in [5, 5.41) is 15.4. The van der Waals surface area contributed by atoms with E-state index >= 15 is 4.39 Å². The Balaban J connectivity index is 1.18. The Labute approximate surface area is 261 Å². The minimum atomic E-state index is -1.16. The van der Waals surface area contributed by atoms with Crippen LogP contribution < -0.4 is 20.4 Å². The fourth-order valence-electron chi connectivity index (χ4n) is 5.57. The minimum Gasteiger partial charge on any atom is -0.480 e. The number of halogens is 1. The van der Waals surface area contributed by atoms with Crippen LogP contribution in [0.1, 0.15) is 24.0 Å². The first-order chi connectivity index (χ1) is 21.8. The van der Waals surface area contributed by atoms with Gasteiger partial charge in [-0.3, -0.25) is 4.79 Å². The van der Waals surface area contributed by atoms with Gasteiger partial charge in [0.05, 0.1) is 19.1 Å². The molecule has 3 N–H and O–H groups in total. The van der Waals surface area contributed by atoms with E-state index in [0.717, 1.165) is 5.56 Å². The summed E-state index contributed by atoms with van der Waals surface area (Å²) in [7, 11) is 1.76. The molecule has 3 heterocycles. The van der Waals surface area contributed by atoms with Crippen molar-refractivity contribution in [2.45, 2.75) is 31.8 Å². The highest BCUT2D eigenvalue weighted by Crippen LogP contribution is 2.28. The zero-order chi connectivity index (χ0) is 31.8. The van der Waals surface area contributed by atoms with Crippen LogP contribution in [0.15, 0.2) is 60.9 Å². The van der Waals surface area contributed by atoms with Gasteiger partial charge in [0.25, 0.3) is 0 Å². The number of amides is 3. The lowest BCUT2D eigenvalue weighted by Crippen LogP contribution is -2.49. The van der Waals surface area contributed by atoms with Crippen LogP contribution in [0, 0.1) is 11.7 Å². The summed E-state index contributed by atoms with van der Waals surface area (Å²) in [5.74, 6) is -2.39. The van der Waals surface area contributed by atoms with E-state index in [1.165, 1.54) is 6.33 Å². The van der Waals surface area contributed by atoms with Gasteiger partial charge >= 0.3 is 12.0 Å². The number of aromatic nitrogens is 2. The number of ether oxygens (including phenoxy) is 1. The van der Waals surface area contributed by atoms with E-state index in [9.17, 15) is 19.5 Å². The first-order valence-electron chi connectivity index (χ1n) is 15.0. The number of morpholine rings is 1. The number of carbonyl (C=O) groups excluding carboxylic acids is 2. The van der Waals surface area contributed by atoms with E-state index in [1.54, 1.807) is 46.0 Å². The van der Waals surface area contributed by atoms with Crippen LogP contribution >= 0.6 is 0 Å². The number of aliphatic carboxylic acids is 1. The molecule has 3 amide bonds. The quantitative estimate of drug-likeness (QED) is 0.312. The molecule has 0 aliphatic carbocycles. The van der Waals surface area contributed by atoms with Crippen molar-refractivity contribution >= 4 is 35.2 Å². The zero-order valence-electron chi connectivity index (χ0n) is 25.2. The lowest BCUT2D eigenvalue weighted by molar-refractivity contribution is -0.142. The third-order valence-corrected chi connectivity index (χ3v) is 8.03. The molecule has 2 fully saturated rings. The zero-order valence-corrected chi connectivity index (χ0v) is 25.2. The van der Waals surface area contributed by atoms with Crippen LogP contribution in [0.5, 0.6) is 0 Å². The maximum atomic E-state index is 15.7. The van der Waals surface area contributed by atoms with Crippen molar-refractivity contribution in [3.05, 3.63) is 77.9 Å². The molecule has 0 saturated carbocycles. The molecule has 2 aliphatic heterocycles. The SMILES string of the molecule is CN(Cc1ccccc1)c1ncnc(N2CCCC(C(=O)N[C@@H](Cc3ccc(NC(=O)N4CCOCC4)cc3)C(=O)O)C2)c1F. The summed E-state index contributed by atoms with van der Waals surface area (Å²) >= 11 is 0. The number of nitrogens with zero attached hydrogens (tertiary/aromatic N) is 5. The number of benzene rings is 2. The first kappa shape index (κ1) is 31.6. The topological polar surface area (TPSA) is 140 Å². The third kappa shape index (κ3) is 8.24. The number of hydrogen-bond acceptors (Lipinski definition) is 8. The van der Waals surface area contributed by atoms with Gasteiger partial charge in [-0.05, 0) is 36.1 Å². The predicted octanol–water partition coefficient (Wildman–Crippen LogP) is 3.14. The highest BCUT2D eigenvalue weighted by atomic mass is 19.1. The van der Waals surface area contributed by atoms with Gasteiger partial charge in [-0.25, -0.2) is 19.6 Å². The Hall–Kier alpha value is -4.78. The largest absolute Gasteiger partial charge is 0.480 e. The number of hydrogen-bond donors (Lipinski definition) is 3. The van der Waals surface area contributed by atoms with Gasteiger partial charge in [0.15, 0.2) is 11.6 Å². The van der Waals surface area contributed by atoms with E-state index < -0.39 is 29.7 Å². The van der Waals surface area contributed by atoms with Gasteiger partial charge < -0.3 is 35.2 Å². The van der Waals surface area contributed by atoms with Crippen LogP contribution in [0.3, 0.4) is 0 Å². The van der Waals surface area contributed by atoms with E-state index in [-0.39, 0.29) is 30.6 Å². The second kappa shape index (κ2) is 14.8. The first-order valence-corrected chi connectivity index (χ1v) is 15.0. The smallest absolute Gasteiger partial charge is 0.326 e. The number of nitrogens with one attached hydrogen (secondary N) is 2. The summed E-state index contributed by atoms with van der Waals surface area (Å²) in [6, 6.07) is 15.2. The molecule has 2 aliphatic rings. The predicted molar refractivity (Wildman–Crippen MR) is 167 cm³/mol. The number of rotatable bonds is 10. The van der Waals surface area contributed by atoms with Gasteiger partial charge in [-0.15, -0.1) is 0 Å². The maximum Gasteiger partial charge on any atom is 0.326 e. The van der Waals surface area contributed by atoms with Crippen molar-refractivity contribution < 1.29 is 28.6 Å². The molecule has 2 aromatic carbocycles. The fourth-order valence-corrected chi connectivity index (χ4v) is 5.57. The van der Waals surface area contributed by atoms with Gasteiger partial charge in [0.1, 0.15) is 12.4 Å². The van der Waals surface area contributed by atoms with Crippen LogP contribution in [-0.2, 0) is 27.3 Å². The summed E-state index contributed by atoms with van der Waals surface area (Å²) < 4.78 is 20.9. The number of anilines is 3. The van der Waals surface area contributed by atoms with Crippen molar-refractivity contribution in [2.75, 3.05) is 61.6 Å². The minimum absolute atomic E-state index is 0.0623. The number of carbonyl (C=O) groups is 3. The average Bonchev–Trinajstić information content (AvgIpc) is 3.06. The van der Waals surface area contributed by atoms with E-state index in [2.05, 4.69) is 20.6 Å². The molecule has 1 aromatic heterocycles. The summed E-state index contributed by atoms with van der Waals surface area (Å²) in [6.07, 6.45) is 2.54. The van der Waals surface area contributed by atoms with Gasteiger partial charge in [-0.1, -0.05) is 42.5 Å². The van der Waals surface area contributed by atoms with E-state index in [1.807, 2.05) is 30.3 Å². The Morgan fingerprint density at radius 2 is 1.78 bits per heavy atom. The van der Waals surface area contributed by atoms with Gasteiger partial charge in [-0.2, -0.15) is 4.39 Å². The lowest BCUT2D eigenvalue weighted by Gasteiger charge is -2.34. The molecule has 5 rings (SSSR count). The molecule has 0 spiro atoms.